The first-order chi connectivity index (χ1) is 18.4. The average Bonchev–Trinajstić information content (AvgIpc) is 3.35. The number of fused-ring (bicyclic) bond motifs is 1. The number of carbonyl (C=O) groups excluding carboxylic acids is 2. The molecule has 8 nitrogen and oxygen atoms in total. The first-order valence-electron chi connectivity index (χ1n) is 12.1. The van der Waals surface area contributed by atoms with Crippen molar-refractivity contribution in [2.24, 2.45) is 0 Å². The molecule has 1 aliphatic heterocycles. The van der Waals surface area contributed by atoms with Crippen molar-refractivity contribution in [3.05, 3.63) is 112 Å². The molecule has 1 atom stereocenters. The normalized spacial score (nSPS) is 14.4. The van der Waals surface area contributed by atoms with Gasteiger partial charge in [0.25, 0.3) is 5.91 Å². The predicted molar refractivity (Wildman–Crippen MR) is 148 cm³/mol. The molecule has 0 bridgehead atoms. The number of rotatable bonds is 7. The van der Waals surface area contributed by atoms with Crippen molar-refractivity contribution in [1.29, 1.82) is 0 Å². The number of allylic oxidation sites excluding steroid dienone is 1. The number of hydrogen-bond donors (Lipinski definition) is 2. The molecule has 1 unspecified atom stereocenters. The maximum absolute atomic E-state index is 13.7. The number of esters is 1. The van der Waals surface area contributed by atoms with Crippen LogP contribution in [0, 0.1) is 6.92 Å². The Morgan fingerprint density at radius 3 is 2.42 bits per heavy atom. The minimum Gasteiger partial charge on any atom is -0.465 e. The molecular formula is C29H27N5O3S. The number of nitrogens with one attached hydrogen (secondary N) is 2. The van der Waals surface area contributed by atoms with Crippen LogP contribution in [0.15, 0.2) is 95.3 Å². The third-order valence-electron chi connectivity index (χ3n) is 6.33. The number of methoxy groups -OCH3 is 1. The molecule has 0 aliphatic carbocycles. The van der Waals surface area contributed by atoms with Crippen molar-refractivity contribution in [2.45, 2.75) is 30.8 Å². The highest BCUT2D eigenvalue weighted by atomic mass is 32.2. The van der Waals surface area contributed by atoms with Crippen molar-refractivity contribution in [1.82, 2.24) is 14.8 Å². The minimum atomic E-state index is -0.555. The van der Waals surface area contributed by atoms with Gasteiger partial charge in [0.2, 0.25) is 11.1 Å². The van der Waals surface area contributed by atoms with Crippen molar-refractivity contribution in [3.8, 4) is 0 Å². The fourth-order valence-corrected chi connectivity index (χ4v) is 5.12. The largest absolute Gasteiger partial charge is 0.465 e. The van der Waals surface area contributed by atoms with Gasteiger partial charge in [0.1, 0.15) is 6.04 Å². The first-order valence-corrected chi connectivity index (χ1v) is 13.1. The van der Waals surface area contributed by atoms with Gasteiger partial charge < -0.3 is 15.4 Å². The Morgan fingerprint density at radius 2 is 1.71 bits per heavy atom. The highest BCUT2D eigenvalue weighted by molar-refractivity contribution is 7.98. The van der Waals surface area contributed by atoms with E-state index in [0.717, 1.165) is 22.6 Å². The number of benzene rings is 3. The quantitative estimate of drug-likeness (QED) is 0.240. The number of amides is 1. The third kappa shape index (κ3) is 5.19. The van der Waals surface area contributed by atoms with Crippen LogP contribution in [-0.2, 0) is 15.3 Å². The molecule has 4 aromatic rings. The number of aryl methyl sites for hydroxylation is 1. The maximum atomic E-state index is 13.7. The second-order valence-electron chi connectivity index (χ2n) is 8.89. The number of ether oxygens (including phenoxy) is 1. The van der Waals surface area contributed by atoms with Crippen LogP contribution in [-0.4, -0.2) is 33.8 Å². The Labute approximate surface area is 225 Å². The number of anilines is 2. The average molecular weight is 526 g/mol. The molecule has 192 valence electrons. The molecule has 0 saturated heterocycles. The molecule has 9 heteroatoms. The lowest BCUT2D eigenvalue weighted by Gasteiger charge is -2.29. The molecule has 1 aliphatic rings. The first kappa shape index (κ1) is 25.3. The highest BCUT2D eigenvalue weighted by Crippen LogP contribution is 2.37. The molecule has 1 amide bonds. The number of para-hydroxylation sites is 1. The Kier molecular flexibility index (Phi) is 7.28. The molecule has 0 radical (unpaired) electrons. The molecule has 3 aromatic carbocycles. The lowest BCUT2D eigenvalue weighted by molar-refractivity contribution is -0.113. The lowest BCUT2D eigenvalue weighted by atomic mass is 9.94. The van der Waals surface area contributed by atoms with Crippen LogP contribution in [0.3, 0.4) is 0 Å². The van der Waals surface area contributed by atoms with Gasteiger partial charge in [-0.2, -0.15) is 4.98 Å². The van der Waals surface area contributed by atoms with Gasteiger partial charge in [0, 0.05) is 17.1 Å². The topological polar surface area (TPSA) is 98.1 Å². The van der Waals surface area contributed by atoms with Crippen LogP contribution in [0.5, 0.6) is 0 Å². The van der Waals surface area contributed by atoms with Crippen LogP contribution in [0.4, 0.5) is 11.6 Å². The van der Waals surface area contributed by atoms with E-state index in [2.05, 4.69) is 22.8 Å². The predicted octanol–water partition coefficient (Wildman–Crippen LogP) is 5.59. The molecule has 2 N–H and O–H groups in total. The summed E-state index contributed by atoms with van der Waals surface area (Å²) in [5.41, 5.74) is 5.27. The summed E-state index contributed by atoms with van der Waals surface area (Å²) in [7, 11) is 1.35. The Balaban J connectivity index is 1.51. The van der Waals surface area contributed by atoms with E-state index in [4.69, 9.17) is 14.8 Å². The van der Waals surface area contributed by atoms with Crippen LogP contribution in [0.2, 0.25) is 0 Å². The zero-order valence-corrected chi connectivity index (χ0v) is 22.1. The van der Waals surface area contributed by atoms with Crippen molar-refractivity contribution >= 4 is 35.3 Å². The number of aromatic nitrogens is 3. The smallest absolute Gasteiger partial charge is 0.337 e. The van der Waals surface area contributed by atoms with E-state index in [9.17, 15) is 9.59 Å². The van der Waals surface area contributed by atoms with Crippen LogP contribution >= 0.6 is 11.8 Å². The van der Waals surface area contributed by atoms with E-state index >= 15 is 0 Å². The highest BCUT2D eigenvalue weighted by Gasteiger charge is 2.34. The number of nitrogens with zero attached hydrogens (tertiary/aromatic N) is 3. The summed E-state index contributed by atoms with van der Waals surface area (Å²) < 4.78 is 6.58. The van der Waals surface area contributed by atoms with Crippen LogP contribution in [0.1, 0.15) is 40.0 Å². The van der Waals surface area contributed by atoms with Crippen molar-refractivity contribution < 1.29 is 14.3 Å². The van der Waals surface area contributed by atoms with Gasteiger partial charge in [-0.1, -0.05) is 72.4 Å². The Bertz CT molecular complexity index is 1510. The molecule has 38 heavy (non-hydrogen) atoms. The Morgan fingerprint density at radius 1 is 1.00 bits per heavy atom. The van der Waals surface area contributed by atoms with Gasteiger partial charge >= 0.3 is 5.97 Å². The molecular weight excluding hydrogens is 498 g/mol. The molecule has 0 saturated carbocycles. The SMILES string of the molecule is COC(=O)c1ccc(C2C(C(=O)Nc3ccccc3C)=C(C)Nc3nc(SCc4ccccc4)nn32)cc1. The Hall–Kier alpha value is -4.37. The number of carbonyl (C=O) groups is 2. The second-order valence-corrected chi connectivity index (χ2v) is 9.83. The number of hydrogen-bond acceptors (Lipinski definition) is 7. The molecule has 5 rings (SSSR count). The zero-order valence-electron chi connectivity index (χ0n) is 21.3. The molecule has 2 heterocycles. The van der Waals surface area contributed by atoms with E-state index in [1.54, 1.807) is 16.8 Å². The van der Waals surface area contributed by atoms with Gasteiger partial charge in [-0.05, 0) is 48.7 Å². The summed E-state index contributed by atoms with van der Waals surface area (Å²) in [4.78, 5) is 30.4. The second kappa shape index (κ2) is 10.9. The summed E-state index contributed by atoms with van der Waals surface area (Å²) >= 11 is 1.53. The van der Waals surface area contributed by atoms with Crippen molar-refractivity contribution in [3.63, 3.8) is 0 Å². The summed E-state index contributed by atoms with van der Waals surface area (Å²) in [6, 6.07) is 24.2. The third-order valence-corrected chi connectivity index (χ3v) is 7.24. The fourth-order valence-electron chi connectivity index (χ4n) is 4.34. The number of thioether (sulfide) groups is 1. The summed E-state index contributed by atoms with van der Waals surface area (Å²) in [6.07, 6.45) is 0. The van der Waals surface area contributed by atoms with E-state index in [1.807, 2.05) is 68.4 Å². The van der Waals surface area contributed by atoms with Gasteiger partial charge in [0.05, 0.1) is 18.2 Å². The van der Waals surface area contributed by atoms with E-state index in [-0.39, 0.29) is 5.91 Å². The fraction of sp³-hybridized carbons (Fsp3) is 0.172. The molecule has 0 spiro atoms. The van der Waals surface area contributed by atoms with Gasteiger partial charge in [-0.3, -0.25) is 4.79 Å². The molecule has 1 aromatic heterocycles. The van der Waals surface area contributed by atoms with Gasteiger partial charge in [0.15, 0.2) is 0 Å². The van der Waals surface area contributed by atoms with E-state index < -0.39 is 12.0 Å². The molecule has 0 fully saturated rings. The monoisotopic (exact) mass is 525 g/mol. The van der Waals surface area contributed by atoms with Crippen LogP contribution < -0.4 is 10.6 Å². The summed E-state index contributed by atoms with van der Waals surface area (Å²) in [6.45, 7) is 3.81. The van der Waals surface area contributed by atoms with Gasteiger partial charge in [-0.25, -0.2) is 9.48 Å². The zero-order chi connectivity index (χ0) is 26.6. The maximum Gasteiger partial charge on any atom is 0.337 e. The standard InChI is InChI=1S/C29H27N5O3S/c1-18-9-7-8-12-23(18)31-26(35)24-19(2)30-28-32-29(38-17-20-10-5-4-6-11-20)33-34(28)25(24)21-13-15-22(16-14-21)27(36)37-3/h4-16,25H,17H2,1-3H3,(H,31,35)(H,30,32,33). The summed E-state index contributed by atoms with van der Waals surface area (Å²) in [5, 5.41) is 11.7. The minimum absolute atomic E-state index is 0.244. The van der Waals surface area contributed by atoms with E-state index in [1.165, 1.54) is 24.4 Å². The summed E-state index contributed by atoms with van der Waals surface area (Å²) in [5.74, 6) is 0.598. The lowest BCUT2D eigenvalue weighted by Crippen LogP contribution is -2.31. The van der Waals surface area contributed by atoms with E-state index in [0.29, 0.717) is 27.9 Å². The van der Waals surface area contributed by atoms with Crippen LogP contribution in [0.25, 0.3) is 0 Å². The van der Waals surface area contributed by atoms with Gasteiger partial charge in [-0.15, -0.1) is 5.10 Å². The van der Waals surface area contributed by atoms with Crippen molar-refractivity contribution in [2.75, 3.05) is 17.7 Å².